The van der Waals surface area contributed by atoms with Gasteiger partial charge in [-0.15, -0.1) is 0 Å². The number of nitrogens with zero attached hydrogens (tertiary/aromatic N) is 3. The third-order valence-electron chi connectivity index (χ3n) is 5.38. The Morgan fingerprint density at radius 2 is 1.93 bits per heavy atom. The second-order valence-electron chi connectivity index (χ2n) is 7.35. The van der Waals surface area contributed by atoms with Crippen LogP contribution in [0.4, 0.5) is 0 Å². The van der Waals surface area contributed by atoms with Crippen molar-refractivity contribution in [2.24, 2.45) is 0 Å². The van der Waals surface area contributed by atoms with E-state index in [0.29, 0.717) is 49.3 Å². The lowest BCUT2D eigenvalue weighted by atomic mass is 10.1. The van der Waals surface area contributed by atoms with Crippen molar-refractivity contribution in [1.82, 2.24) is 14.5 Å². The first kappa shape index (κ1) is 23.1. The van der Waals surface area contributed by atoms with Crippen molar-refractivity contribution >= 4 is 16.8 Å². The molecule has 6 heteroatoms. The molecule has 1 atom stereocenters. The lowest BCUT2D eigenvalue weighted by Gasteiger charge is -2.31. The summed E-state index contributed by atoms with van der Waals surface area (Å²) < 4.78 is 6.91. The summed E-state index contributed by atoms with van der Waals surface area (Å²) in [7, 11) is 1.62. The van der Waals surface area contributed by atoms with E-state index in [1.165, 1.54) is 0 Å². The molecule has 0 fully saturated rings. The van der Waals surface area contributed by atoms with Crippen molar-refractivity contribution in [3.63, 3.8) is 0 Å². The molecule has 0 bridgehead atoms. The molecule has 1 amide bonds. The Kier molecular flexibility index (Phi) is 9.32. The van der Waals surface area contributed by atoms with Gasteiger partial charge in [-0.05, 0) is 31.9 Å². The van der Waals surface area contributed by atoms with Crippen LogP contribution in [0, 0.1) is 0 Å². The zero-order chi connectivity index (χ0) is 21.2. The average molecular weight is 402 g/mol. The Balaban J connectivity index is 2.43. The fourth-order valence-corrected chi connectivity index (χ4v) is 3.80. The zero-order valence-electron chi connectivity index (χ0n) is 18.3. The summed E-state index contributed by atoms with van der Waals surface area (Å²) in [5, 5.41) is 0.594. The van der Waals surface area contributed by atoms with Crippen LogP contribution in [0.1, 0.15) is 71.2 Å². The average Bonchev–Trinajstić information content (AvgIpc) is 2.74. The first-order valence-corrected chi connectivity index (χ1v) is 10.9. The number of amides is 1. The molecule has 2 aromatic rings. The predicted octanol–water partition coefficient (Wildman–Crippen LogP) is 4.31. The minimum Gasteiger partial charge on any atom is -0.383 e. The van der Waals surface area contributed by atoms with Gasteiger partial charge in [-0.25, -0.2) is 4.98 Å². The third-order valence-corrected chi connectivity index (χ3v) is 5.38. The second-order valence-corrected chi connectivity index (χ2v) is 7.35. The Morgan fingerprint density at radius 3 is 2.59 bits per heavy atom. The first-order valence-electron chi connectivity index (χ1n) is 10.9. The summed E-state index contributed by atoms with van der Waals surface area (Å²) in [5.74, 6) is 0.785. The topological polar surface area (TPSA) is 64.4 Å². The maximum Gasteiger partial charge on any atom is 0.261 e. The van der Waals surface area contributed by atoms with Gasteiger partial charge in [0.15, 0.2) is 0 Å². The number of carbonyl (C=O) groups is 1. The van der Waals surface area contributed by atoms with Gasteiger partial charge < -0.3 is 9.64 Å². The van der Waals surface area contributed by atoms with Crippen molar-refractivity contribution < 1.29 is 9.53 Å². The molecule has 6 nitrogen and oxygen atoms in total. The van der Waals surface area contributed by atoms with E-state index in [9.17, 15) is 9.59 Å². The van der Waals surface area contributed by atoms with Crippen LogP contribution in [-0.2, 0) is 16.1 Å². The summed E-state index contributed by atoms with van der Waals surface area (Å²) in [6, 6.07) is 7.16. The monoisotopic (exact) mass is 401 g/mol. The molecule has 29 heavy (non-hydrogen) atoms. The number of hydrogen-bond donors (Lipinski definition) is 0. The molecule has 1 heterocycles. The minimum absolute atomic E-state index is 0.0763. The Labute approximate surface area is 173 Å². The zero-order valence-corrected chi connectivity index (χ0v) is 18.3. The number of fused-ring (bicyclic) bond motifs is 1. The van der Waals surface area contributed by atoms with Crippen molar-refractivity contribution in [3.8, 4) is 0 Å². The van der Waals surface area contributed by atoms with Gasteiger partial charge in [0.05, 0.1) is 30.1 Å². The fourth-order valence-electron chi connectivity index (χ4n) is 3.80. The highest BCUT2D eigenvalue weighted by atomic mass is 16.5. The van der Waals surface area contributed by atoms with E-state index in [0.717, 1.165) is 25.7 Å². The van der Waals surface area contributed by atoms with Gasteiger partial charge in [0.25, 0.3) is 5.56 Å². The van der Waals surface area contributed by atoms with E-state index in [-0.39, 0.29) is 17.5 Å². The lowest BCUT2D eigenvalue weighted by molar-refractivity contribution is -0.134. The molecule has 0 saturated heterocycles. The van der Waals surface area contributed by atoms with Crippen molar-refractivity contribution in [2.75, 3.05) is 20.3 Å². The highest BCUT2D eigenvalue weighted by Gasteiger charge is 2.27. The molecule has 2 rings (SSSR count). The van der Waals surface area contributed by atoms with Crippen LogP contribution in [0.3, 0.4) is 0 Å². The van der Waals surface area contributed by atoms with E-state index in [1.54, 1.807) is 17.7 Å². The van der Waals surface area contributed by atoms with Gasteiger partial charge in [0.2, 0.25) is 5.91 Å². The predicted molar refractivity (Wildman–Crippen MR) is 117 cm³/mol. The summed E-state index contributed by atoms with van der Waals surface area (Å²) in [4.78, 5) is 32.9. The summed E-state index contributed by atoms with van der Waals surface area (Å²) in [6.07, 6.45) is 5.52. The van der Waals surface area contributed by atoms with Crippen LogP contribution in [0.2, 0.25) is 0 Å². The van der Waals surface area contributed by atoms with E-state index in [4.69, 9.17) is 9.72 Å². The highest BCUT2D eigenvalue weighted by Crippen LogP contribution is 2.25. The molecular weight excluding hydrogens is 366 g/mol. The lowest BCUT2D eigenvalue weighted by Crippen LogP contribution is -2.39. The van der Waals surface area contributed by atoms with Gasteiger partial charge >= 0.3 is 0 Å². The molecule has 0 aliphatic rings. The molecule has 0 N–H and O–H groups in total. The smallest absolute Gasteiger partial charge is 0.261 e. The van der Waals surface area contributed by atoms with Gasteiger partial charge in [0.1, 0.15) is 5.82 Å². The van der Waals surface area contributed by atoms with E-state index in [2.05, 4.69) is 6.92 Å². The fraction of sp³-hybridized carbons (Fsp3) is 0.609. The number of ether oxygens (including phenoxy) is 1. The van der Waals surface area contributed by atoms with Crippen LogP contribution in [-0.4, -0.2) is 40.6 Å². The third kappa shape index (κ3) is 5.66. The van der Waals surface area contributed by atoms with Crippen LogP contribution in [0.15, 0.2) is 29.1 Å². The maximum atomic E-state index is 13.2. The molecule has 0 aliphatic heterocycles. The van der Waals surface area contributed by atoms with Crippen LogP contribution >= 0.6 is 0 Å². The van der Waals surface area contributed by atoms with Gasteiger partial charge in [0, 0.05) is 20.1 Å². The Hall–Kier alpha value is -2.21. The number of benzene rings is 1. The molecule has 1 aromatic carbocycles. The quantitative estimate of drug-likeness (QED) is 0.497. The highest BCUT2D eigenvalue weighted by molar-refractivity contribution is 5.78. The van der Waals surface area contributed by atoms with E-state index < -0.39 is 0 Å². The molecule has 0 saturated carbocycles. The number of methoxy groups -OCH3 is 1. The SMILES string of the molecule is CCCCCCC(=O)N(CC)C(CC)c1nc2ccccc2c(=O)n1CCOC. The molecule has 160 valence electrons. The first-order chi connectivity index (χ1) is 14.1. The molecule has 1 unspecified atom stereocenters. The van der Waals surface area contributed by atoms with Crippen molar-refractivity contribution in [3.05, 3.63) is 40.4 Å². The van der Waals surface area contributed by atoms with Crippen LogP contribution < -0.4 is 5.56 Å². The second kappa shape index (κ2) is 11.7. The largest absolute Gasteiger partial charge is 0.383 e. The summed E-state index contributed by atoms with van der Waals surface area (Å²) in [6.45, 7) is 7.63. The number of unbranched alkanes of at least 4 members (excludes halogenated alkanes) is 3. The number of hydrogen-bond acceptors (Lipinski definition) is 4. The van der Waals surface area contributed by atoms with Gasteiger partial charge in [-0.1, -0.05) is 45.2 Å². The maximum absolute atomic E-state index is 13.2. The number of rotatable bonds is 12. The molecular formula is C23H35N3O3. The minimum atomic E-state index is -0.229. The Bertz CT molecular complexity index is 847. The van der Waals surface area contributed by atoms with Gasteiger partial charge in [-0.3, -0.25) is 14.2 Å². The molecule has 0 aliphatic carbocycles. The van der Waals surface area contributed by atoms with E-state index in [1.807, 2.05) is 36.9 Å². The number of carbonyl (C=O) groups excluding carboxylic acids is 1. The van der Waals surface area contributed by atoms with Gasteiger partial charge in [-0.2, -0.15) is 0 Å². The summed E-state index contributed by atoms with van der Waals surface area (Å²) in [5.41, 5.74) is 0.596. The number of para-hydroxylation sites is 1. The summed E-state index contributed by atoms with van der Waals surface area (Å²) >= 11 is 0. The molecule has 1 aromatic heterocycles. The van der Waals surface area contributed by atoms with Crippen molar-refractivity contribution in [2.45, 2.75) is 71.9 Å². The van der Waals surface area contributed by atoms with Crippen molar-refractivity contribution in [1.29, 1.82) is 0 Å². The standard InChI is InChI=1S/C23H35N3O3/c1-5-8-9-10-15-21(27)25(7-3)20(6-2)22-24-19-14-12-11-13-18(19)23(28)26(22)16-17-29-4/h11-14,20H,5-10,15-17H2,1-4H3. The molecule has 0 spiro atoms. The van der Waals surface area contributed by atoms with Crippen LogP contribution in [0.5, 0.6) is 0 Å². The molecule has 0 radical (unpaired) electrons. The Morgan fingerprint density at radius 1 is 1.17 bits per heavy atom. The van der Waals surface area contributed by atoms with E-state index >= 15 is 0 Å². The normalized spacial score (nSPS) is 12.3. The number of aromatic nitrogens is 2. The van der Waals surface area contributed by atoms with Crippen LogP contribution in [0.25, 0.3) is 10.9 Å².